The van der Waals surface area contributed by atoms with Crippen molar-refractivity contribution in [1.29, 1.82) is 0 Å². The van der Waals surface area contributed by atoms with Crippen molar-refractivity contribution in [1.82, 2.24) is 5.43 Å². The lowest BCUT2D eigenvalue weighted by molar-refractivity contribution is -0.126. The Kier molecular flexibility index (Phi) is 8.92. The molecule has 0 unspecified atom stereocenters. The first kappa shape index (κ1) is 23.8. The van der Waals surface area contributed by atoms with E-state index < -0.39 is 11.8 Å². The third-order valence-corrected chi connectivity index (χ3v) is 4.43. The molecule has 2 amide bonds. The molecule has 2 N–H and O–H groups in total. The molecule has 0 heterocycles. The summed E-state index contributed by atoms with van der Waals surface area (Å²) in [4.78, 5) is 24.0. The smallest absolute Gasteiger partial charge is 0.249 e. The van der Waals surface area contributed by atoms with Gasteiger partial charge in [0.15, 0.2) is 11.5 Å². The molecule has 162 valence electrons. The number of hydrogen-bond acceptors (Lipinski definition) is 5. The molecular formula is C23H24ClN3O4. The lowest BCUT2D eigenvalue weighted by Crippen LogP contribution is -2.24. The molecule has 0 atom stereocenters. The molecule has 0 aliphatic rings. The number of halogens is 1. The number of carbonyl (C=O) groups excluding carboxylic acids is 2. The number of amides is 2. The van der Waals surface area contributed by atoms with Crippen molar-refractivity contribution in [2.75, 3.05) is 18.5 Å². The van der Waals surface area contributed by atoms with Crippen LogP contribution in [0.4, 0.5) is 5.69 Å². The van der Waals surface area contributed by atoms with E-state index in [1.54, 1.807) is 18.2 Å². The average molecular weight is 442 g/mol. The van der Waals surface area contributed by atoms with Crippen LogP contribution in [0.5, 0.6) is 11.5 Å². The molecule has 0 aliphatic carbocycles. The predicted octanol–water partition coefficient (Wildman–Crippen LogP) is 3.85. The molecule has 0 aromatic heterocycles. The number of anilines is 1. The Morgan fingerprint density at radius 2 is 1.94 bits per heavy atom. The zero-order chi connectivity index (χ0) is 22.8. The van der Waals surface area contributed by atoms with Crippen molar-refractivity contribution >= 4 is 35.3 Å². The van der Waals surface area contributed by atoms with Gasteiger partial charge in [0.25, 0.3) is 0 Å². The molecule has 0 spiro atoms. The Bertz CT molecular complexity index is 1030. The minimum Gasteiger partial charge on any atom is -0.490 e. The van der Waals surface area contributed by atoms with Crippen LogP contribution in [0.1, 0.15) is 30.0 Å². The minimum absolute atomic E-state index is 0.0491. The van der Waals surface area contributed by atoms with Gasteiger partial charge in [-0.3, -0.25) is 9.59 Å². The summed E-state index contributed by atoms with van der Waals surface area (Å²) in [5.41, 5.74) is 5.69. The van der Waals surface area contributed by atoms with Gasteiger partial charge in [-0.05, 0) is 61.7 Å². The monoisotopic (exact) mass is 441 g/mol. The van der Waals surface area contributed by atoms with Gasteiger partial charge in [0.1, 0.15) is 13.0 Å². The second-order valence-corrected chi connectivity index (χ2v) is 6.98. The summed E-state index contributed by atoms with van der Waals surface area (Å²) in [6, 6.07) is 8.79. The van der Waals surface area contributed by atoms with Gasteiger partial charge in [0, 0.05) is 5.69 Å². The van der Waals surface area contributed by atoms with Crippen molar-refractivity contribution in [3.63, 3.8) is 0 Å². The first-order chi connectivity index (χ1) is 14.8. The summed E-state index contributed by atoms with van der Waals surface area (Å²) >= 11 is 6.24. The highest BCUT2D eigenvalue weighted by Gasteiger charge is 2.12. The molecule has 0 bridgehead atoms. The van der Waals surface area contributed by atoms with Gasteiger partial charge >= 0.3 is 0 Å². The van der Waals surface area contributed by atoms with Gasteiger partial charge < -0.3 is 14.8 Å². The highest BCUT2D eigenvalue weighted by atomic mass is 35.5. The van der Waals surface area contributed by atoms with Gasteiger partial charge in [0.2, 0.25) is 11.8 Å². The molecule has 0 saturated heterocycles. The fourth-order valence-corrected chi connectivity index (χ4v) is 2.84. The lowest BCUT2D eigenvalue weighted by Gasteiger charge is -2.12. The molecule has 2 aromatic carbocycles. The van der Waals surface area contributed by atoms with Crippen molar-refractivity contribution in [2.45, 2.75) is 27.2 Å². The summed E-state index contributed by atoms with van der Waals surface area (Å²) in [7, 11) is 0. The van der Waals surface area contributed by atoms with E-state index in [1.165, 1.54) is 6.21 Å². The number of ether oxygens (including phenoxy) is 2. The molecule has 7 nitrogen and oxygen atoms in total. The van der Waals surface area contributed by atoms with Crippen LogP contribution in [-0.2, 0) is 9.59 Å². The number of benzene rings is 2. The molecule has 8 heteroatoms. The second kappa shape index (κ2) is 11.6. The van der Waals surface area contributed by atoms with Crippen molar-refractivity contribution in [2.24, 2.45) is 5.10 Å². The van der Waals surface area contributed by atoms with E-state index >= 15 is 0 Å². The van der Waals surface area contributed by atoms with E-state index in [2.05, 4.69) is 21.8 Å². The zero-order valence-electron chi connectivity index (χ0n) is 17.6. The molecule has 2 aromatic rings. The summed E-state index contributed by atoms with van der Waals surface area (Å²) in [5, 5.41) is 6.85. The fraction of sp³-hybridized carbons (Fsp3) is 0.261. The van der Waals surface area contributed by atoms with Crippen LogP contribution in [-0.4, -0.2) is 31.2 Å². The van der Waals surface area contributed by atoms with Crippen LogP contribution in [0.3, 0.4) is 0 Å². The molecule has 0 fully saturated rings. The molecule has 2 rings (SSSR count). The van der Waals surface area contributed by atoms with Crippen LogP contribution in [0, 0.1) is 26.2 Å². The summed E-state index contributed by atoms with van der Waals surface area (Å²) in [6.45, 7) is 6.20. The topological polar surface area (TPSA) is 89.0 Å². The minimum atomic E-state index is -0.553. The number of rotatable bonds is 9. The Balaban J connectivity index is 1.96. The molecule has 0 aliphatic heterocycles. The normalized spacial score (nSPS) is 10.4. The zero-order valence-corrected chi connectivity index (χ0v) is 18.4. The third-order valence-electron chi connectivity index (χ3n) is 4.15. The number of terminal acetylenes is 1. The maximum absolute atomic E-state index is 12.1. The van der Waals surface area contributed by atoms with Crippen LogP contribution < -0.4 is 20.2 Å². The van der Waals surface area contributed by atoms with Gasteiger partial charge in [-0.25, -0.2) is 5.43 Å². The first-order valence-electron chi connectivity index (χ1n) is 9.55. The van der Waals surface area contributed by atoms with Crippen LogP contribution in [0.2, 0.25) is 5.02 Å². The summed E-state index contributed by atoms with van der Waals surface area (Å²) in [6.07, 6.45) is 6.24. The maximum atomic E-state index is 12.1. The summed E-state index contributed by atoms with van der Waals surface area (Å²) in [5.74, 6) is 2.12. The Morgan fingerprint density at radius 3 is 2.61 bits per heavy atom. The first-order valence-corrected chi connectivity index (χ1v) is 9.93. The quantitative estimate of drug-likeness (QED) is 0.268. The Labute approximate surface area is 186 Å². The van der Waals surface area contributed by atoms with E-state index in [0.29, 0.717) is 34.4 Å². The number of aryl methyl sites for hydroxylation is 2. The Hall–Kier alpha value is -3.50. The average Bonchev–Trinajstić information content (AvgIpc) is 2.70. The Morgan fingerprint density at radius 1 is 1.16 bits per heavy atom. The van der Waals surface area contributed by atoms with Crippen molar-refractivity contribution in [3.8, 4) is 23.8 Å². The van der Waals surface area contributed by atoms with Crippen molar-refractivity contribution < 1.29 is 19.1 Å². The highest BCUT2D eigenvalue weighted by Crippen LogP contribution is 2.36. The van der Waals surface area contributed by atoms with Gasteiger partial charge in [-0.1, -0.05) is 23.6 Å². The largest absolute Gasteiger partial charge is 0.490 e. The molecular weight excluding hydrogens is 418 g/mol. The number of hydrazone groups is 1. The number of carbonyl (C=O) groups is 2. The van der Waals surface area contributed by atoms with E-state index in [1.807, 2.05) is 32.9 Å². The highest BCUT2D eigenvalue weighted by molar-refractivity contribution is 6.32. The molecule has 0 saturated carbocycles. The van der Waals surface area contributed by atoms with E-state index in [9.17, 15) is 9.59 Å². The van der Waals surface area contributed by atoms with Crippen molar-refractivity contribution in [3.05, 3.63) is 52.0 Å². The maximum Gasteiger partial charge on any atom is 0.249 e. The van der Waals surface area contributed by atoms with Crippen LogP contribution in [0.15, 0.2) is 35.4 Å². The van der Waals surface area contributed by atoms with Gasteiger partial charge in [-0.2, -0.15) is 5.10 Å². The van der Waals surface area contributed by atoms with Crippen LogP contribution >= 0.6 is 11.6 Å². The predicted molar refractivity (Wildman–Crippen MR) is 122 cm³/mol. The third kappa shape index (κ3) is 7.36. The fourth-order valence-electron chi connectivity index (χ4n) is 2.57. The van der Waals surface area contributed by atoms with Gasteiger partial charge in [0.05, 0.1) is 17.8 Å². The standard InChI is InChI=1S/C23H24ClN3O4/c1-5-9-31-23-19(24)11-17(12-20(23)30-6-2)14-25-27-22(29)13-21(28)26-18-8-7-15(3)16(4)10-18/h1,7-8,10-12,14H,6,9,13H2,2-4H3,(H,26,28)(H,27,29). The number of nitrogens with one attached hydrogen (secondary N) is 2. The summed E-state index contributed by atoms with van der Waals surface area (Å²) < 4.78 is 10.9. The molecule has 0 radical (unpaired) electrons. The second-order valence-electron chi connectivity index (χ2n) is 6.57. The van der Waals surface area contributed by atoms with Crippen LogP contribution in [0.25, 0.3) is 0 Å². The van der Waals surface area contributed by atoms with E-state index in [4.69, 9.17) is 27.5 Å². The SMILES string of the molecule is C#CCOc1c(Cl)cc(C=NNC(=O)CC(=O)Nc2ccc(C)c(C)c2)cc1OCC. The van der Waals surface area contributed by atoms with E-state index in [-0.39, 0.29) is 13.0 Å². The lowest BCUT2D eigenvalue weighted by atomic mass is 10.1. The van der Waals surface area contributed by atoms with E-state index in [0.717, 1.165) is 11.1 Å². The number of nitrogens with zero attached hydrogens (tertiary/aromatic N) is 1. The van der Waals surface area contributed by atoms with Gasteiger partial charge in [-0.15, -0.1) is 6.42 Å². The number of hydrogen-bond donors (Lipinski definition) is 2. The molecule has 31 heavy (non-hydrogen) atoms.